The number of benzene rings is 1. The first-order valence-electron chi connectivity index (χ1n) is 8.16. The van der Waals surface area contributed by atoms with Gasteiger partial charge in [0.15, 0.2) is 0 Å². The highest BCUT2D eigenvalue weighted by atomic mass is 32.1. The van der Waals surface area contributed by atoms with Gasteiger partial charge in [-0.25, -0.2) is 4.39 Å². The quantitative estimate of drug-likeness (QED) is 0.903. The summed E-state index contributed by atoms with van der Waals surface area (Å²) >= 11 is 1.73. The van der Waals surface area contributed by atoms with Crippen molar-refractivity contribution in [1.29, 1.82) is 0 Å². The molecule has 3 rings (SSSR count). The highest BCUT2D eigenvalue weighted by molar-refractivity contribution is 7.07. The summed E-state index contributed by atoms with van der Waals surface area (Å²) in [5, 5.41) is 7.14. The molecule has 0 spiro atoms. The minimum absolute atomic E-state index is 0.0482. The van der Waals surface area contributed by atoms with Crippen LogP contribution in [0.3, 0.4) is 0 Å². The molecule has 4 nitrogen and oxygen atoms in total. The van der Waals surface area contributed by atoms with E-state index in [1.807, 2.05) is 6.92 Å². The van der Waals surface area contributed by atoms with Crippen molar-refractivity contribution in [3.8, 4) is 0 Å². The number of hydrogen-bond acceptors (Lipinski definition) is 4. The van der Waals surface area contributed by atoms with E-state index in [0.717, 1.165) is 32.7 Å². The molecule has 1 aliphatic heterocycles. The molecule has 24 heavy (non-hydrogen) atoms. The van der Waals surface area contributed by atoms with Crippen LogP contribution in [-0.4, -0.2) is 47.9 Å². The lowest BCUT2D eigenvalue weighted by Crippen LogP contribution is -2.52. The second-order valence-corrected chi connectivity index (χ2v) is 6.90. The van der Waals surface area contributed by atoms with Crippen LogP contribution in [0.5, 0.6) is 0 Å². The zero-order chi connectivity index (χ0) is 16.9. The minimum atomic E-state index is -0.303. The summed E-state index contributed by atoms with van der Waals surface area (Å²) in [6.45, 7) is 6.58. The van der Waals surface area contributed by atoms with Crippen LogP contribution in [0, 0.1) is 5.82 Å². The van der Waals surface area contributed by atoms with Gasteiger partial charge in [-0.1, -0.05) is 0 Å². The molecule has 1 fully saturated rings. The number of hydrogen-bond donors (Lipinski definition) is 1. The molecule has 1 aromatic heterocycles. The molecular weight excluding hydrogens is 325 g/mol. The molecular formula is C18H22FN3OS. The monoisotopic (exact) mass is 347 g/mol. The molecule has 2 heterocycles. The van der Waals surface area contributed by atoms with Crippen LogP contribution >= 0.6 is 11.3 Å². The fraction of sp³-hybridized carbons (Fsp3) is 0.389. The van der Waals surface area contributed by atoms with Gasteiger partial charge in [-0.15, -0.1) is 0 Å². The van der Waals surface area contributed by atoms with Crippen molar-refractivity contribution in [1.82, 2.24) is 9.80 Å². The van der Waals surface area contributed by atoms with Gasteiger partial charge in [-0.05, 0) is 53.6 Å². The number of halogens is 1. The number of thiophene rings is 1. The van der Waals surface area contributed by atoms with E-state index in [0.29, 0.717) is 5.69 Å². The van der Waals surface area contributed by atoms with E-state index in [-0.39, 0.29) is 17.8 Å². The summed E-state index contributed by atoms with van der Waals surface area (Å²) in [6.07, 6.45) is 0. The maximum Gasteiger partial charge on any atom is 0.241 e. The third-order valence-electron chi connectivity index (χ3n) is 4.43. The minimum Gasteiger partial charge on any atom is -0.325 e. The Kier molecular flexibility index (Phi) is 5.60. The molecule has 2 aromatic rings. The lowest BCUT2D eigenvalue weighted by Gasteiger charge is -2.37. The number of carbonyl (C=O) groups is 1. The summed E-state index contributed by atoms with van der Waals surface area (Å²) in [6, 6.07) is 7.83. The molecule has 1 N–H and O–H groups in total. The smallest absolute Gasteiger partial charge is 0.241 e. The molecule has 1 amide bonds. The molecule has 0 radical (unpaired) electrons. The average molecular weight is 347 g/mol. The van der Waals surface area contributed by atoms with Crippen LogP contribution in [0.15, 0.2) is 41.1 Å². The Balaban J connectivity index is 1.48. The first kappa shape index (κ1) is 17.1. The number of nitrogens with zero attached hydrogens (tertiary/aromatic N) is 2. The predicted octanol–water partition coefficient (Wildman–Crippen LogP) is 3.03. The molecule has 128 valence electrons. The second-order valence-electron chi connectivity index (χ2n) is 6.12. The van der Waals surface area contributed by atoms with Crippen LogP contribution in [0.25, 0.3) is 0 Å². The number of nitrogens with one attached hydrogen (secondary N) is 1. The molecule has 0 saturated carbocycles. The number of amides is 1. The van der Waals surface area contributed by atoms with E-state index in [4.69, 9.17) is 0 Å². The Bertz CT molecular complexity index is 651. The van der Waals surface area contributed by atoms with Gasteiger partial charge in [0.2, 0.25) is 5.91 Å². The van der Waals surface area contributed by atoms with Crippen molar-refractivity contribution in [3.05, 3.63) is 52.5 Å². The first-order valence-corrected chi connectivity index (χ1v) is 9.10. The zero-order valence-electron chi connectivity index (χ0n) is 13.7. The summed E-state index contributed by atoms with van der Waals surface area (Å²) in [7, 11) is 0. The van der Waals surface area contributed by atoms with E-state index in [1.165, 1.54) is 17.7 Å². The lowest BCUT2D eigenvalue weighted by molar-refractivity contribution is -0.121. The molecule has 1 unspecified atom stereocenters. The Morgan fingerprint density at radius 3 is 2.54 bits per heavy atom. The molecule has 0 bridgehead atoms. The maximum absolute atomic E-state index is 12.9. The van der Waals surface area contributed by atoms with Gasteiger partial charge in [0.25, 0.3) is 0 Å². The van der Waals surface area contributed by atoms with Gasteiger partial charge in [0.1, 0.15) is 5.82 Å². The normalized spacial score (nSPS) is 17.6. The third kappa shape index (κ3) is 4.41. The number of carbonyl (C=O) groups excluding carboxylic acids is 1. The largest absolute Gasteiger partial charge is 0.325 e. The summed E-state index contributed by atoms with van der Waals surface area (Å²) in [4.78, 5) is 17.0. The zero-order valence-corrected chi connectivity index (χ0v) is 14.6. The predicted molar refractivity (Wildman–Crippen MR) is 95.7 cm³/mol. The van der Waals surface area contributed by atoms with Crippen molar-refractivity contribution < 1.29 is 9.18 Å². The van der Waals surface area contributed by atoms with Gasteiger partial charge in [-0.2, -0.15) is 11.3 Å². The second kappa shape index (κ2) is 7.88. The van der Waals surface area contributed by atoms with E-state index in [2.05, 4.69) is 31.9 Å². The van der Waals surface area contributed by atoms with Gasteiger partial charge < -0.3 is 5.32 Å². The highest BCUT2D eigenvalue weighted by Gasteiger charge is 2.25. The molecule has 0 aliphatic carbocycles. The van der Waals surface area contributed by atoms with Gasteiger partial charge >= 0.3 is 0 Å². The Hall–Kier alpha value is -1.76. The number of piperazine rings is 1. The van der Waals surface area contributed by atoms with Crippen molar-refractivity contribution >= 4 is 22.9 Å². The van der Waals surface area contributed by atoms with E-state index in [1.54, 1.807) is 23.5 Å². The number of rotatable bonds is 5. The molecule has 6 heteroatoms. The van der Waals surface area contributed by atoms with Crippen LogP contribution in [0.4, 0.5) is 10.1 Å². The van der Waals surface area contributed by atoms with Crippen LogP contribution in [0.1, 0.15) is 12.5 Å². The Labute approximate surface area is 145 Å². The van der Waals surface area contributed by atoms with Crippen LogP contribution in [0.2, 0.25) is 0 Å². The summed E-state index contributed by atoms with van der Waals surface area (Å²) in [5.74, 6) is -0.351. The molecule has 1 saturated heterocycles. The highest BCUT2D eigenvalue weighted by Crippen LogP contribution is 2.14. The summed E-state index contributed by atoms with van der Waals surface area (Å²) in [5.41, 5.74) is 1.99. The van der Waals surface area contributed by atoms with E-state index >= 15 is 0 Å². The fourth-order valence-corrected chi connectivity index (χ4v) is 3.56. The lowest BCUT2D eigenvalue weighted by atomic mass is 10.2. The average Bonchev–Trinajstić information content (AvgIpc) is 3.10. The van der Waals surface area contributed by atoms with Crippen molar-refractivity contribution in [3.63, 3.8) is 0 Å². The summed E-state index contributed by atoms with van der Waals surface area (Å²) < 4.78 is 12.9. The first-order chi connectivity index (χ1) is 11.6. The topological polar surface area (TPSA) is 35.6 Å². The molecule has 1 aliphatic rings. The third-order valence-corrected chi connectivity index (χ3v) is 5.16. The number of anilines is 1. The van der Waals surface area contributed by atoms with Gasteiger partial charge in [0, 0.05) is 38.4 Å². The molecule has 1 atom stereocenters. The fourth-order valence-electron chi connectivity index (χ4n) is 2.90. The van der Waals surface area contributed by atoms with Crippen LogP contribution in [-0.2, 0) is 11.3 Å². The Morgan fingerprint density at radius 1 is 1.21 bits per heavy atom. The Morgan fingerprint density at radius 2 is 1.92 bits per heavy atom. The van der Waals surface area contributed by atoms with Crippen LogP contribution < -0.4 is 5.32 Å². The van der Waals surface area contributed by atoms with Gasteiger partial charge in [-0.3, -0.25) is 14.6 Å². The van der Waals surface area contributed by atoms with Crippen molar-refractivity contribution in [2.45, 2.75) is 19.5 Å². The van der Waals surface area contributed by atoms with Crippen molar-refractivity contribution in [2.24, 2.45) is 0 Å². The van der Waals surface area contributed by atoms with Gasteiger partial charge in [0.05, 0.1) is 6.04 Å². The molecule has 1 aromatic carbocycles. The SMILES string of the molecule is CC(C(=O)Nc1ccc(F)cc1)N1CCN(Cc2ccsc2)CC1. The van der Waals surface area contributed by atoms with E-state index in [9.17, 15) is 9.18 Å². The maximum atomic E-state index is 12.9. The standard InChI is InChI=1S/C18H22FN3OS/c1-14(18(23)20-17-4-2-16(19)3-5-17)22-9-7-21(8-10-22)12-15-6-11-24-13-15/h2-6,11,13-14H,7-10,12H2,1H3,(H,20,23). The van der Waals surface area contributed by atoms with Crippen molar-refractivity contribution in [2.75, 3.05) is 31.5 Å². The van der Waals surface area contributed by atoms with E-state index < -0.39 is 0 Å².